The lowest BCUT2D eigenvalue weighted by atomic mass is 10.0. The third-order valence-electron chi connectivity index (χ3n) is 5.00. The van der Waals surface area contributed by atoms with Gasteiger partial charge in [0.1, 0.15) is 17.3 Å². The lowest BCUT2D eigenvalue weighted by molar-refractivity contribution is -0.137. The fourth-order valence-electron chi connectivity index (χ4n) is 3.60. The SMILES string of the molecule is Cc1noc(C)c1-c1n[nH]c(C2CCCCN2C(=O)COc2ccccc2)n1. The van der Waals surface area contributed by atoms with Gasteiger partial charge in [0.15, 0.2) is 12.4 Å². The molecule has 8 nitrogen and oxygen atoms in total. The average Bonchev–Trinajstić information content (AvgIpc) is 3.33. The third-order valence-corrected chi connectivity index (χ3v) is 5.00. The van der Waals surface area contributed by atoms with Crippen molar-refractivity contribution in [1.29, 1.82) is 0 Å². The van der Waals surface area contributed by atoms with Gasteiger partial charge in [-0.15, -0.1) is 0 Å². The van der Waals surface area contributed by atoms with Gasteiger partial charge in [0.2, 0.25) is 0 Å². The van der Waals surface area contributed by atoms with Crippen LogP contribution in [0.4, 0.5) is 0 Å². The molecule has 1 amide bonds. The second-order valence-electron chi connectivity index (χ2n) is 6.94. The van der Waals surface area contributed by atoms with Crippen LogP contribution < -0.4 is 4.74 Å². The van der Waals surface area contributed by atoms with E-state index >= 15 is 0 Å². The second-order valence-corrected chi connectivity index (χ2v) is 6.94. The summed E-state index contributed by atoms with van der Waals surface area (Å²) < 4.78 is 10.9. The number of para-hydroxylation sites is 1. The van der Waals surface area contributed by atoms with Crippen molar-refractivity contribution in [2.45, 2.75) is 39.2 Å². The van der Waals surface area contributed by atoms with Crippen LogP contribution in [0.1, 0.15) is 42.6 Å². The fourth-order valence-corrected chi connectivity index (χ4v) is 3.60. The minimum absolute atomic E-state index is 0.00533. The molecule has 4 rings (SSSR count). The molecule has 1 aromatic carbocycles. The second kappa shape index (κ2) is 7.84. The summed E-state index contributed by atoms with van der Waals surface area (Å²) in [4.78, 5) is 19.3. The van der Waals surface area contributed by atoms with Crippen molar-refractivity contribution >= 4 is 5.91 Å². The summed E-state index contributed by atoms with van der Waals surface area (Å²) in [5.74, 6) is 2.54. The molecule has 1 N–H and O–H groups in total. The van der Waals surface area contributed by atoms with E-state index in [9.17, 15) is 4.79 Å². The number of amides is 1. The van der Waals surface area contributed by atoms with E-state index < -0.39 is 0 Å². The van der Waals surface area contributed by atoms with E-state index in [1.54, 1.807) is 0 Å². The highest BCUT2D eigenvalue weighted by atomic mass is 16.5. The number of piperidine rings is 1. The summed E-state index contributed by atoms with van der Waals surface area (Å²) >= 11 is 0. The molecule has 1 fully saturated rings. The topological polar surface area (TPSA) is 97.1 Å². The minimum Gasteiger partial charge on any atom is -0.484 e. The molecule has 3 aromatic rings. The van der Waals surface area contributed by atoms with Crippen molar-refractivity contribution in [2.24, 2.45) is 0 Å². The van der Waals surface area contributed by atoms with Crippen molar-refractivity contribution in [1.82, 2.24) is 25.2 Å². The first kappa shape index (κ1) is 18.2. The highest BCUT2D eigenvalue weighted by Gasteiger charge is 2.31. The van der Waals surface area contributed by atoms with Gasteiger partial charge in [0.25, 0.3) is 5.91 Å². The van der Waals surface area contributed by atoms with Crippen LogP contribution in [0.2, 0.25) is 0 Å². The number of likely N-dealkylation sites (tertiary alicyclic amines) is 1. The van der Waals surface area contributed by atoms with Crippen molar-refractivity contribution in [3.63, 3.8) is 0 Å². The summed E-state index contributed by atoms with van der Waals surface area (Å²) in [6.07, 6.45) is 2.85. The van der Waals surface area contributed by atoms with Gasteiger partial charge in [-0.3, -0.25) is 9.89 Å². The first-order valence-corrected chi connectivity index (χ1v) is 9.46. The Hall–Kier alpha value is -3.16. The number of aromatic amines is 1. The number of nitrogens with zero attached hydrogens (tertiary/aromatic N) is 4. The van der Waals surface area contributed by atoms with Crippen LogP contribution in [0.15, 0.2) is 34.9 Å². The van der Waals surface area contributed by atoms with E-state index in [0.29, 0.717) is 29.7 Å². The molecule has 8 heteroatoms. The van der Waals surface area contributed by atoms with E-state index in [-0.39, 0.29) is 18.6 Å². The third kappa shape index (κ3) is 3.62. The standard InChI is InChI=1S/C20H23N5O3/c1-13-18(14(2)28-24-13)20-21-19(22-23-20)16-10-6-7-11-25(16)17(26)12-27-15-8-4-3-5-9-15/h3-5,8-9,16H,6-7,10-12H2,1-2H3,(H,21,22,23). The molecule has 1 saturated heterocycles. The molecule has 1 unspecified atom stereocenters. The van der Waals surface area contributed by atoms with E-state index in [0.717, 1.165) is 30.5 Å². The zero-order valence-electron chi connectivity index (χ0n) is 16.0. The molecule has 1 aliphatic heterocycles. The van der Waals surface area contributed by atoms with E-state index in [2.05, 4.69) is 20.3 Å². The van der Waals surface area contributed by atoms with Gasteiger partial charge in [-0.1, -0.05) is 23.4 Å². The first-order chi connectivity index (χ1) is 13.6. The van der Waals surface area contributed by atoms with E-state index in [1.165, 1.54) is 0 Å². The Morgan fingerprint density at radius 1 is 1.29 bits per heavy atom. The van der Waals surface area contributed by atoms with Crippen molar-refractivity contribution in [2.75, 3.05) is 13.2 Å². The molecule has 3 heterocycles. The monoisotopic (exact) mass is 381 g/mol. The zero-order valence-corrected chi connectivity index (χ0v) is 16.0. The summed E-state index contributed by atoms with van der Waals surface area (Å²) in [5, 5.41) is 11.3. The van der Waals surface area contributed by atoms with Crippen molar-refractivity contribution in [3.8, 4) is 17.1 Å². The fraction of sp³-hybridized carbons (Fsp3) is 0.400. The number of aryl methyl sites for hydroxylation is 2. The Labute approximate surface area is 162 Å². The van der Waals surface area contributed by atoms with E-state index in [1.807, 2.05) is 49.1 Å². The largest absolute Gasteiger partial charge is 0.484 e. The van der Waals surface area contributed by atoms with Crippen LogP contribution in [-0.2, 0) is 4.79 Å². The Morgan fingerprint density at radius 3 is 2.86 bits per heavy atom. The molecule has 1 atom stereocenters. The van der Waals surface area contributed by atoms with E-state index in [4.69, 9.17) is 9.26 Å². The summed E-state index contributed by atoms with van der Waals surface area (Å²) in [5.41, 5.74) is 1.54. The highest BCUT2D eigenvalue weighted by Crippen LogP contribution is 2.31. The number of rotatable bonds is 5. The Balaban J connectivity index is 1.50. The van der Waals surface area contributed by atoms with Gasteiger partial charge >= 0.3 is 0 Å². The molecule has 0 saturated carbocycles. The molecule has 0 aliphatic carbocycles. The lowest BCUT2D eigenvalue weighted by Gasteiger charge is -2.34. The van der Waals surface area contributed by atoms with Crippen LogP contribution in [0.25, 0.3) is 11.4 Å². The maximum Gasteiger partial charge on any atom is 0.261 e. The molecule has 2 aromatic heterocycles. The predicted octanol–water partition coefficient (Wildman–Crippen LogP) is 3.21. The number of nitrogens with one attached hydrogen (secondary N) is 1. The van der Waals surface area contributed by atoms with Gasteiger partial charge in [-0.25, -0.2) is 4.98 Å². The molecular weight excluding hydrogens is 358 g/mol. The zero-order chi connectivity index (χ0) is 19.5. The van der Waals surface area contributed by atoms with Gasteiger partial charge in [-0.2, -0.15) is 5.10 Å². The molecule has 1 aliphatic rings. The molecule has 0 radical (unpaired) electrons. The molecule has 0 bridgehead atoms. The quantitative estimate of drug-likeness (QED) is 0.729. The van der Waals surface area contributed by atoms with Crippen LogP contribution in [0.3, 0.4) is 0 Å². The first-order valence-electron chi connectivity index (χ1n) is 9.46. The highest BCUT2D eigenvalue weighted by molar-refractivity contribution is 5.78. The Bertz CT molecular complexity index is 930. The molecule has 28 heavy (non-hydrogen) atoms. The minimum atomic E-state index is -0.137. The maximum atomic E-state index is 12.8. The number of H-pyrrole nitrogens is 1. The van der Waals surface area contributed by atoms with Crippen molar-refractivity contribution < 1.29 is 14.1 Å². The average molecular weight is 381 g/mol. The maximum absolute atomic E-state index is 12.8. The number of aromatic nitrogens is 4. The Morgan fingerprint density at radius 2 is 2.11 bits per heavy atom. The lowest BCUT2D eigenvalue weighted by Crippen LogP contribution is -2.41. The smallest absolute Gasteiger partial charge is 0.261 e. The van der Waals surface area contributed by atoms with Crippen LogP contribution in [0, 0.1) is 13.8 Å². The van der Waals surface area contributed by atoms with Crippen LogP contribution in [-0.4, -0.2) is 44.3 Å². The number of benzene rings is 1. The van der Waals surface area contributed by atoms with Gasteiger partial charge in [0.05, 0.1) is 17.3 Å². The summed E-state index contributed by atoms with van der Waals surface area (Å²) in [7, 11) is 0. The van der Waals surface area contributed by atoms with Crippen LogP contribution in [0.5, 0.6) is 5.75 Å². The number of hydrogen-bond acceptors (Lipinski definition) is 6. The number of hydrogen-bond donors (Lipinski definition) is 1. The number of ether oxygens (including phenoxy) is 1. The van der Waals surface area contributed by atoms with Gasteiger partial charge in [0, 0.05) is 6.54 Å². The Kier molecular flexibility index (Phi) is 5.10. The predicted molar refractivity (Wildman–Crippen MR) is 102 cm³/mol. The molecule has 0 spiro atoms. The normalized spacial score (nSPS) is 16.9. The van der Waals surface area contributed by atoms with Crippen LogP contribution >= 0.6 is 0 Å². The molecule has 146 valence electrons. The summed E-state index contributed by atoms with van der Waals surface area (Å²) in [6, 6.07) is 9.22. The number of carbonyl (C=O) groups excluding carboxylic acids is 1. The van der Waals surface area contributed by atoms with Crippen molar-refractivity contribution in [3.05, 3.63) is 47.6 Å². The number of carbonyl (C=O) groups is 1. The van der Waals surface area contributed by atoms with Gasteiger partial charge in [-0.05, 0) is 45.2 Å². The molecular formula is C20H23N5O3. The van der Waals surface area contributed by atoms with Gasteiger partial charge < -0.3 is 14.2 Å². The summed E-state index contributed by atoms with van der Waals surface area (Å²) in [6.45, 7) is 4.39.